The van der Waals surface area contributed by atoms with Crippen LogP contribution in [0.5, 0.6) is 11.5 Å². The van der Waals surface area contributed by atoms with Gasteiger partial charge in [0.1, 0.15) is 45.8 Å². The van der Waals surface area contributed by atoms with Crippen LogP contribution in [0.25, 0.3) is 17.3 Å². The summed E-state index contributed by atoms with van der Waals surface area (Å²) in [5.74, 6) is 0.961. The van der Waals surface area contributed by atoms with E-state index in [9.17, 15) is 17.9 Å². The summed E-state index contributed by atoms with van der Waals surface area (Å²) in [4.78, 5) is 3.96. The minimum Gasteiger partial charge on any atom is -0.494 e. The zero-order valence-corrected chi connectivity index (χ0v) is 28.4. The number of hydrogen-bond acceptors (Lipinski definition) is 9. The molecule has 0 amide bonds. The number of nitrogens with zero attached hydrogens (tertiary/aromatic N) is 5. The summed E-state index contributed by atoms with van der Waals surface area (Å²) in [6.45, 7) is 9.45. The maximum absolute atomic E-state index is 14.8. The van der Waals surface area contributed by atoms with Crippen molar-refractivity contribution >= 4 is 40.0 Å². The number of sulfonamides is 1. The van der Waals surface area contributed by atoms with Crippen molar-refractivity contribution in [2.75, 3.05) is 25.1 Å². The number of rotatable bonds is 12. The molecule has 0 radical (unpaired) electrons. The minimum absolute atomic E-state index is 0.0259. The molecule has 3 heterocycles. The molecule has 1 N–H and O–H groups in total. The molecule has 0 aliphatic rings. The molecule has 0 bridgehead atoms. The number of methoxy groups -OCH3 is 2. The lowest BCUT2D eigenvalue weighted by molar-refractivity contribution is 0.166. The highest BCUT2D eigenvalue weighted by Crippen LogP contribution is 2.40. The van der Waals surface area contributed by atoms with Crippen molar-refractivity contribution < 1.29 is 31.8 Å². The Hall–Kier alpha value is -3.27. The first-order valence-corrected chi connectivity index (χ1v) is 19.4. The summed E-state index contributed by atoms with van der Waals surface area (Å²) in [5.41, 5.74) is -0.0392. The van der Waals surface area contributed by atoms with Crippen LogP contribution in [0.3, 0.4) is 0 Å². The van der Waals surface area contributed by atoms with Crippen LogP contribution in [0.1, 0.15) is 24.5 Å². The first-order valence-electron chi connectivity index (χ1n) is 13.4. The topological polar surface area (TPSA) is 133 Å². The highest BCUT2D eigenvalue weighted by atomic mass is 79.9. The Morgan fingerprint density at radius 2 is 1.79 bits per heavy atom. The number of aromatic nitrogens is 4. The van der Waals surface area contributed by atoms with Gasteiger partial charge in [0.25, 0.3) is 0 Å². The van der Waals surface area contributed by atoms with Gasteiger partial charge in [-0.15, -0.1) is 10.2 Å². The number of ether oxygens (including phenoxy) is 2. The molecule has 4 aromatic rings. The van der Waals surface area contributed by atoms with Crippen molar-refractivity contribution in [3.63, 3.8) is 0 Å². The van der Waals surface area contributed by atoms with E-state index in [2.05, 4.69) is 50.8 Å². The first-order chi connectivity index (χ1) is 20.2. The highest BCUT2D eigenvalue weighted by molar-refractivity contribution is 9.10. The van der Waals surface area contributed by atoms with Crippen molar-refractivity contribution in [3.8, 4) is 28.8 Å². The van der Waals surface area contributed by atoms with Gasteiger partial charge in [-0.25, -0.2) is 17.1 Å². The van der Waals surface area contributed by atoms with Crippen LogP contribution in [-0.4, -0.2) is 67.4 Å². The second-order valence-corrected chi connectivity index (χ2v) is 19.9. The summed E-state index contributed by atoms with van der Waals surface area (Å²) < 4.78 is 63.9. The third-order valence-corrected chi connectivity index (χ3v) is 11.2. The molecular weight excluding hydrogens is 661 g/mol. The van der Waals surface area contributed by atoms with E-state index in [4.69, 9.17) is 13.9 Å². The number of halogens is 2. The van der Waals surface area contributed by atoms with Crippen LogP contribution in [0.2, 0.25) is 25.7 Å². The molecule has 0 unspecified atom stereocenters. The van der Waals surface area contributed by atoms with Gasteiger partial charge in [0.2, 0.25) is 21.8 Å². The predicted molar refractivity (Wildman–Crippen MR) is 168 cm³/mol. The number of furan rings is 1. The fourth-order valence-electron chi connectivity index (χ4n) is 4.42. The predicted octanol–water partition coefficient (Wildman–Crippen LogP) is 5.75. The molecule has 232 valence electrons. The van der Waals surface area contributed by atoms with Crippen molar-refractivity contribution in [3.05, 3.63) is 64.3 Å². The number of aryl methyl sites for hydroxylation is 1. The molecular formula is C28H35BrFN5O6SSi. The Bertz CT molecular complexity index is 1690. The Morgan fingerprint density at radius 1 is 1.14 bits per heavy atom. The van der Waals surface area contributed by atoms with Crippen LogP contribution in [0, 0.1) is 12.7 Å². The van der Waals surface area contributed by atoms with Crippen molar-refractivity contribution in [2.24, 2.45) is 0 Å². The Morgan fingerprint density at radius 3 is 2.33 bits per heavy atom. The molecule has 0 saturated carbocycles. The molecule has 1 aromatic carbocycles. The van der Waals surface area contributed by atoms with E-state index in [0.717, 1.165) is 10.4 Å². The lowest BCUT2D eigenvalue weighted by atomic mass is 10.2. The normalized spacial score (nSPS) is 13.5. The lowest BCUT2D eigenvalue weighted by Crippen LogP contribution is -2.44. The quantitative estimate of drug-likeness (QED) is 0.184. The summed E-state index contributed by atoms with van der Waals surface area (Å²) in [6.07, 6.45) is -0.483. The van der Waals surface area contributed by atoms with Crippen LogP contribution < -0.4 is 13.8 Å². The number of pyridine rings is 1. The van der Waals surface area contributed by atoms with E-state index in [0.29, 0.717) is 39.2 Å². The van der Waals surface area contributed by atoms with Gasteiger partial charge in [0.05, 0.1) is 14.2 Å². The van der Waals surface area contributed by atoms with Crippen LogP contribution in [0.4, 0.5) is 10.3 Å². The smallest absolute Gasteiger partial charge is 0.246 e. The molecule has 3 aromatic heterocycles. The number of hydrogen-bond donors (Lipinski definition) is 1. The maximum Gasteiger partial charge on any atom is 0.246 e. The standard InChI is InChI=1S/C28H35BrFN5O6SSi/c1-17-11-12-23(41-17)27-32-33-28(35(27)25-21(39-3)9-8-10-22(25)40-4)34(13-14-43(5,6)7)42(37,38)18(2)26(36)24-20(30)15-19(29)16-31-24/h8-12,15-16,18,26,36H,13-14H2,1-7H3/t18-,26+/m0/s1. The average Bonchev–Trinajstić information content (AvgIpc) is 3.57. The van der Waals surface area contributed by atoms with Gasteiger partial charge in [0.15, 0.2) is 5.76 Å². The average molecular weight is 697 g/mol. The third-order valence-electron chi connectivity index (χ3n) is 6.86. The van der Waals surface area contributed by atoms with Crippen LogP contribution >= 0.6 is 15.9 Å². The van der Waals surface area contributed by atoms with Gasteiger partial charge >= 0.3 is 0 Å². The minimum atomic E-state index is -4.43. The molecule has 43 heavy (non-hydrogen) atoms. The largest absolute Gasteiger partial charge is 0.494 e. The zero-order valence-electron chi connectivity index (χ0n) is 25.0. The van der Waals surface area contributed by atoms with Gasteiger partial charge < -0.3 is 19.0 Å². The molecule has 2 atom stereocenters. The number of aliphatic hydroxyl groups is 1. The monoisotopic (exact) mass is 695 g/mol. The number of anilines is 1. The van der Waals surface area contributed by atoms with Gasteiger partial charge in [-0.1, -0.05) is 25.7 Å². The number of benzene rings is 1. The highest BCUT2D eigenvalue weighted by Gasteiger charge is 2.40. The Balaban J connectivity index is 1.97. The summed E-state index contributed by atoms with van der Waals surface area (Å²) >= 11 is 3.14. The van der Waals surface area contributed by atoms with E-state index in [1.165, 1.54) is 31.9 Å². The summed E-state index contributed by atoms with van der Waals surface area (Å²) in [5, 5.41) is 18.4. The van der Waals surface area contributed by atoms with E-state index >= 15 is 0 Å². The van der Waals surface area contributed by atoms with Gasteiger partial charge in [0, 0.05) is 25.3 Å². The molecule has 0 aliphatic heterocycles. The lowest BCUT2D eigenvalue weighted by Gasteiger charge is -2.31. The maximum atomic E-state index is 14.8. The van der Waals surface area contributed by atoms with Gasteiger partial charge in [-0.3, -0.25) is 9.55 Å². The Labute approximate surface area is 259 Å². The molecule has 4 rings (SSSR count). The van der Waals surface area contributed by atoms with E-state index in [-0.39, 0.29) is 24.0 Å². The fraction of sp³-hybridized carbons (Fsp3) is 0.393. The molecule has 0 fully saturated rings. The summed E-state index contributed by atoms with van der Waals surface area (Å²) in [6, 6.07) is 10.3. The van der Waals surface area contributed by atoms with E-state index < -0.39 is 35.3 Å². The van der Waals surface area contributed by atoms with E-state index in [1.807, 2.05) is 0 Å². The van der Waals surface area contributed by atoms with Gasteiger partial charge in [-0.2, -0.15) is 0 Å². The Kier molecular flexibility index (Phi) is 9.68. The SMILES string of the molecule is COc1cccc(OC)c1-n1c(-c2ccc(C)o2)nnc1N(CC[Si](C)(C)C)S(=O)(=O)[C@@H](C)[C@@H](O)c1ncc(Br)cc1F. The molecule has 0 saturated heterocycles. The van der Waals surface area contributed by atoms with Crippen LogP contribution in [0.15, 0.2) is 51.5 Å². The van der Waals surface area contributed by atoms with Crippen LogP contribution in [-0.2, 0) is 10.0 Å². The van der Waals surface area contributed by atoms with Crippen molar-refractivity contribution in [1.29, 1.82) is 0 Å². The van der Waals surface area contributed by atoms with E-state index in [1.54, 1.807) is 37.3 Å². The molecule has 11 nitrogen and oxygen atoms in total. The van der Waals surface area contributed by atoms with Crippen molar-refractivity contribution in [1.82, 2.24) is 19.7 Å². The van der Waals surface area contributed by atoms with Gasteiger partial charge in [-0.05, 0) is 66.2 Å². The zero-order chi connectivity index (χ0) is 31.7. The first kappa shape index (κ1) is 32.6. The fourth-order valence-corrected chi connectivity index (χ4v) is 7.32. The molecule has 0 spiro atoms. The third kappa shape index (κ3) is 6.79. The molecule has 0 aliphatic carbocycles. The summed E-state index contributed by atoms with van der Waals surface area (Å²) in [7, 11) is -3.30. The number of para-hydroxylation sites is 1. The second kappa shape index (κ2) is 12.8. The second-order valence-electron chi connectivity index (χ2n) is 11.2. The number of aliphatic hydroxyl groups excluding tert-OH is 1. The molecule has 15 heteroatoms. The van der Waals surface area contributed by atoms with Crippen molar-refractivity contribution in [2.45, 2.75) is 50.9 Å².